The zero-order valence-electron chi connectivity index (χ0n) is 29.9. The van der Waals surface area contributed by atoms with Crippen molar-refractivity contribution in [2.24, 2.45) is 0 Å². The Labute approximate surface area is 313 Å². The highest BCUT2D eigenvalue weighted by Crippen LogP contribution is 2.47. The fraction of sp³-hybridized carbons (Fsp3) is 0.182. The summed E-state index contributed by atoms with van der Waals surface area (Å²) in [5, 5.41) is 0. The monoisotopic (exact) mass is 728 g/mol. The predicted octanol–water partition coefficient (Wildman–Crippen LogP) is 8.05. The van der Waals surface area contributed by atoms with Gasteiger partial charge in [0.1, 0.15) is 23.0 Å². The van der Waals surface area contributed by atoms with Gasteiger partial charge in [0.2, 0.25) is 0 Å². The average Bonchev–Trinajstić information content (AvgIpc) is 3.46. The van der Waals surface area contributed by atoms with Crippen LogP contribution >= 0.6 is 0 Å². The Kier molecular flexibility index (Phi) is 13.7. The molecule has 0 aliphatic heterocycles. The quantitative estimate of drug-likeness (QED) is 0.0430. The van der Waals surface area contributed by atoms with Gasteiger partial charge in [-0.3, -0.25) is 0 Å². The van der Waals surface area contributed by atoms with Crippen molar-refractivity contribution in [2.45, 2.75) is 25.7 Å². The Morgan fingerprint density at radius 1 is 0.537 bits per heavy atom. The number of hydrogen-bond acceptors (Lipinski definition) is 10. The summed E-state index contributed by atoms with van der Waals surface area (Å²) >= 11 is 0. The van der Waals surface area contributed by atoms with Crippen molar-refractivity contribution < 1.29 is 47.6 Å². The largest absolute Gasteiger partial charge is 0.493 e. The predicted molar refractivity (Wildman–Crippen MR) is 204 cm³/mol. The molecule has 1 aliphatic rings. The van der Waals surface area contributed by atoms with Crippen LogP contribution in [0.4, 0.5) is 0 Å². The van der Waals surface area contributed by atoms with Gasteiger partial charge in [0.15, 0.2) is 0 Å². The number of ether oxygens (including phenoxy) is 6. The zero-order valence-corrected chi connectivity index (χ0v) is 29.9. The Morgan fingerprint density at radius 2 is 0.926 bits per heavy atom. The number of rotatable bonds is 18. The van der Waals surface area contributed by atoms with E-state index in [9.17, 15) is 19.2 Å². The van der Waals surface area contributed by atoms with Gasteiger partial charge in [-0.25, -0.2) is 19.2 Å². The van der Waals surface area contributed by atoms with Gasteiger partial charge < -0.3 is 28.4 Å². The average molecular weight is 729 g/mol. The van der Waals surface area contributed by atoms with E-state index in [1.807, 2.05) is 48.5 Å². The highest BCUT2D eigenvalue weighted by molar-refractivity contribution is 5.90. The summed E-state index contributed by atoms with van der Waals surface area (Å²) in [7, 11) is 0. The van der Waals surface area contributed by atoms with Crippen molar-refractivity contribution in [3.8, 4) is 34.1 Å². The van der Waals surface area contributed by atoms with Gasteiger partial charge in [-0.1, -0.05) is 56.5 Å². The van der Waals surface area contributed by atoms with Crippen LogP contribution in [0.2, 0.25) is 0 Å². The normalized spacial score (nSPS) is 12.7. The number of carbonyl (C=O) groups excluding carboxylic acids is 4. The Balaban J connectivity index is 1.08. The first kappa shape index (κ1) is 38.5. The van der Waals surface area contributed by atoms with E-state index in [1.165, 1.54) is 12.2 Å². The third-order valence-corrected chi connectivity index (χ3v) is 8.23. The molecule has 0 atom stereocenters. The van der Waals surface area contributed by atoms with Crippen LogP contribution < -0.4 is 18.9 Å². The molecule has 0 amide bonds. The number of benzene rings is 4. The van der Waals surface area contributed by atoms with Crippen molar-refractivity contribution in [2.75, 3.05) is 26.4 Å². The zero-order chi connectivity index (χ0) is 38.3. The molecule has 0 saturated heterocycles. The van der Waals surface area contributed by atoms with Gasteiger partial charge >= 0.3 is 23.9 Å². The molecule has 276 valence electrons. The van der Waals surface area contributed by atoms with E-state index in [4.69, 9.17) is 28.4 Å². The van der Waals surface area contributed by atoms with Crippen LogP contribution in [0.3, 0.4) is 0 Å². The summed E-state index contributed by atoms with van der Waals surface area (Å²) in [5.41, 5.74) is 5.64. The SMILES string of the molecule is C=CC(=O)OCCCOc1ccc(C=CC(=O)Oc2ccc3c(c2)C(C)c2cc(OC(=O)C=Cc4ccc(OCCCOC(=O)C=C)cc4)ccc2-3)cc1. The van der Waals surface area contributed by atoms with Gasteiger partial charge in [0.05, 0.1) is 26.4 Å². The van der Waals surface area contributed by atoms with Crippen LogP contribution in [-0.2, 0) is 28.7 Å². The summed E-state index contributed by atoms with van der Waals surface area (Å²) in [5.74, 6) is 0.187. The van der Waals surface area contributed by atoms with Gasteiger partial charge in [-0.15, -0.1) is 0 Å². The van der Waals surface area contributed by atoms with E-state index in [2.05, 4.69) is 20.1 Å². The van der Waals surface area contributed by atoms with Gasteiger partial charge in [0.25, 0.3) is 0 Å². The lowest BCUT2D eigenvalue weighted by Gasteiger charge is -2.09. The first-order chi connectivity index (χ1) is 26.2. The van der Waals surface area contributed by atoms with Crippen molar-refractivity contribution in [3.63, 3.8) is 0 Å². The van der Waals surface area contributed by atoms with Crippen molar-refractivity contribution >= 4 is 36.0 Å². The maximum Gasteiger partial charge on any atom is 0.336 e. The number of esters is 4. The van der Waals surface area contributed by atoms with Crippen LogP contribution in [0.1, 0.15) is 47.9 Å². The molecule has 0 bridgehead atoms. The van der Waals surface area contributed by atoms with Crippen LogP contribution in [-0.4, -0.2) is 50.3 Å². The van der Waals surface area contributed by atoms with Gasteiger partial charge in [-0.05, 0) is 94.1 Å². The standard InChI is InChI=1S/C44H40O10/c1-4-41(45)51-26-6-24-49-33-14-8-31(9-15-33)12-22-43(47)53-35-18-20-37-38-21-19-36(29-40(38)30(3)39(37)28-35)54-44(48)23-13-32-10-16-34(17-11-32)50-25-7-27-52-42(46)5-2/h4-5,8-23,28-30H,1-2,6-7,24-27H2,3H3. The lowest BCUT2D eigenvalue weighted by atomic mass is 9.99. The fourth-order valence-corrected chi connectivity index (χ4v) is 5.52. The first-order valence-corrected chi connectivity index (χ1v) is 17.3. The van der Waals surface area contributed by atoms with E-state index >= 15 is 0 Å². The minimum Gasteiger partial charge on any atom is -0.493 e. The molecule has 10 heteroatoms. The molecule has 0 spiro atoms. The molecular formula is C44H40O10. The van der Waals surface area contributed by atoms with E-state index in [0.29, 0.717) is 49.1 Å². The molecule has 54 heavy (non-hydrogen) atoms. The van der Waals surface area contributed by atoms with E-state index in [0.717, 1.165) is 45.5 Å². The Hall–Kier alpha value is -6.68. The topological polar surface area (TPSA) is 124 Å². The Bertz CT molecular complexity index is 1890. The van der Waals surface area contributed by atoms with E-state index < -0.39 is 23.9 Å². The van der Waals surface area contributed by atoms with E-state index in [1.54, 1.807) is 48.6 Å². The third kappa shape index (κ3) is 11.2. The highest BCUT2D eigenvalue weighted by atomic mass is 16.5. The molecule has 0 fully saturated rings. The van der Waals surface area contributed by atoms with Crippen LogP contribution in [0.15, 0.2) is 122 Å². The Morgan fingerprint density at radius 3 is 1.31 bits per heavy atom. The molecule has 4 aromatic rings. The van der Waals surface area contributed by atoms with Crippen molar-refractivity contribution in [1.82, 2.24) is 0 Å². The summed E-state index contributed by atoms with van der Waals surface area (Å²) in [6, 6.07) is 25.6. The molecule has 10 nitrogen and oxygen atoms in total. The summed E-state index contributed by atoms with van der Waals surface area (Å²) in [6.45, 7) is 10.0. The molecule has 0 N–H and O–H groups in total. The second-order valence-electron chi connectivity index (χ2n) is 12.0. The second kappa shape index (κ2) is 19.2. The van der Waals surface area contributed by atoms with Crippen molar-refractivity contribution in [3.05, 3.63) is 145 Å². The van der Waals surface area contributed by atoms with Crippen LogP contribution in [0.25, 0.3) is 23.3 Å². The first-order valence-electron chi connectivity index (χ1n) is 17.3. The maximum atomic E-state index is 12.7. The summed E-state index contributed by atoms with van der Waals surface area (Å²) in [4.78, 5) is 47.5. The summed E-state index contributed by atoms with van der Waals surface area (Å²) < 4.78 is 32.4. The molecule has 0 aromatic heterocycles. The number of fused-ring (bicyclic) bond motifs is 3. The molecule has 0 heterocycles. The number of carbonyl (C=O) groups is 4. The minimum atomic E-state index is -0.514. The number of hydrogen-bond donors (Lipinski definition) is 0. The van der Waals surface area contributed by atoms with Crippen molar-refractivity contribution in [1.29, 1.82) is 0 Å². The maximum absolute atomic E-state index is 12.7. The minimum absolute atomic E-state index is 0.0239. The smallest absolute Gasteiger partial charge is 0.336 e. The molecule has 0 saturated carbocycles. The van der Waals surface area contributed by atoms with Gasteiger partial charge in [0, 0.05) is 43.1 Å². The van der Waals surface area contributed by atoms with Crippen LogP contribution in [0, 0.1) is 0 Å². The molecule has 5 rings (SSSR count). The van der Waals surface area contributed by atoms with Crippen LogP contribution in [0.5, 0.6) is 23.0 Å². The lowest BCUT2D eigenvalue weighted by molar-refractivity contribution is -0.138. The molecule has 1 aliphatic carbocycles. The van der Waals surface area contributed by atoms with E-state index in [-0.39, 0.29) is 19.1 Å². The second-order valence-corrected chi connectivity index (χ2v) is 12.0. The highest BCUT2D eigenvalue weighted by Gasteiger charge is 2.27. The summed E-state index contributed by atoms with van der Waals surface area (Å²) in [6.07, 6.45) is 9.39. The molecule has 0 radical (unpaired) electrons. The molecule has 4 aromatic carbocycles. The third-order valence-electron chi connectivity index (χ3n) is 8.23. The van der Waals surface area contributed by atoms with Gasteiger partial charge in [-0.2, -0.15) is 0 Å². The lowest BCUT2D eigenvalue weighted by Crippen LogP contribution is -2.06. The fourth-order valence-electron chi connectivity index (χ4n) is 5.52. The molecule has 0 unspecified atom stereocenters. The molecular weight excluding hydrogens is 688 g/mol.